The molecule has 1 amide bonds. The van der Waals surface area contributed by atoms with Crippen LogP contribution in [0.1, 0.15) is 18.9 Å². The van der Waals surface area contributed by atoms with Crippen LogP contribution in [0.15, 0.2) is 23.0 Å². The molecule has 1 heterocycles. The molecule has 0 aliphatic rings. The van der Waals surface area contributed by atoms with Crippen LogP contribution in [-0.4, -0.2) is 11.9 Å². The topological polar surface area (TPSA) is 68.3 Å². The van der Waals surface area contributed by atoms with Crippen LogP contribution in [0.5, 0.6) is 0 Å². The van der Waals surface area contributed by atoms with E-state index in [1.165, 1.54) is 0 Å². The van der Waals surface area contributed by atoms with Crippen molar-refractivity contribution in [2.75, 3.05) is 0 Å². The maximum absolute atomic E-state index is 11.2. The highest BCUT2D eigenvalue weighted by molar-refractivity contribution is 5.81. The van der Waals surface area contributed by atoms with Gasteiger partial charge in [0.05, 0.1) is 18.6 Å². The van der Waals surface area contributed by atoms with E-state index in [2.05, 4.69) is 5.32 Å². The summed E-state index contributed by atoms with van der Waals surface area (Å²) >= 11 is 0. The number of nitrogens with one attached hydrogen (secondary N) is 1. The molecule has 0 saturated heterocycles. The van der Waals surface area contributed by atoms with Crippen LogP contribution in [0.25, 0.3) is 0 Å². The lowest BCUT2D eigenvalue weighted by Gasteiger charge is -2.08. The third-order valence-corrected chi connectivity index (χ3v) is 1.82. The molecule has 4 nitrogen and oxygen atoms in total. The molecule has 1 aromatic rings. The molecule has 0 spiro atoms. The minimum atomic E-state index is -0.410. The zero-order valence-electron chi connectivity index (χ0n) is 7.62. The second-order valence-electron chi connectivity index (χ2n) is 2.86. The van der Waals surface area contributed by atoms with Crippen molar-refractivity contribution in [3.05, 3.63) is 24.2 Å². The van der Waals surface area contributed by atoms with Gasteiger partial charge in [0.2, 0.25) is 5.91 Å². The number of hydrogen-bond donors (Lipinski definition) is 2. The number of nitrogens with two attached hydrogens (primary N) is 1. The van der Waals surface area contributed by atoms with Gasteiger partial charge in [0.15, 0.2) is 0 Å². The summed E-state index contributed by atoms with van der Waals surface area (Å²) in [6.45, 7) is 2.35. The van der Waals surface area contributed by atoms with Gasteiger partial charge in [-0.1, -0.05) is 6.92 Å². The Morgan fingerprint density at radius 2 is 2.54 bits per heavy atom. The summed E-state index contributed by atoms with van der Waals surface area (Å²) in [5, 5.41) is 2.71. The van der Waals surface area contributed by atoms with Gasteiger partial charge in [-0.3, -0.25) is 4.79 Å². The lowest BCUT2D eigenvalue weighted by atomic mass is 10.2. The third-order valence-electron chi connectivity index (χ3n) is 1.82. The first-order valence-corrected chi connectivity index (χ1v) is 4.28. The van der Waals surface area contributed by atoms with Gasteiger partial charge in [-0.2, -0.15) is 0 Å². The molecule has 1 atom stereocenters. The molecule has 0 radical (unpaired) electrons. The van der Waals surface area contributed by atoms with Crippen LogP contribution < -0.4 is 11.1 Å². The fourth-order valence-corrected chi connectivity index (χ4v) is 0.899. The van der Waals surface area contributed by atoms with Crippen molar-refractivity contribution in [1.82, 2.24) is 5.32 Å². The third kappa shape index (κ3) is 2.91. The largest absolute Gasteiger partial charge is 0.472 e. The SMILES string of the molecule is CCC(N)C(=O)NCc1ccoc1. The van der Waals surface area contributed by atoms with Gasteiger partial charge >= 0.3 is 0 Å². The van der Waals surface area contributed by atoms with Crippen molar-refractivity contribution >= 4 is 5.91 Å². The molecule has 1 unspecified atom stereocenters. The highest BCUT2D eigenvalue weighted by Gasteiger charge is 2.09. The molecule has 0 aliphatic carbocycles. The monoisotopic (exact) mass is 182 g/mol. The van der Waals surface area contributed by atoms with E-state index in [1.807, 2.05) is 6.92 Å². The van der Waals surface area contributed by atoms with Gasteiger partial charge in [0.1, 0.15) is 0 Å². The summed E-state index contributed by atoms with van der Waals surface area (Å²) in [5.41, 5.74) is 6.46. The van der Waals surface area contributed by atoms with Crippen LogP contribution in [-0.2, 0) is 11.3 Å². The zero-order valence-corrected chi connectivity index (χ0v) is 7.62. The molecule has 13 heavy (non-hydrogen) atoms. The maximum Gasteiger partial charge on any atom is 0.237 e. The Kier molecular flexibility index (Phi) is 3.52. The molecular weight excluding hydrogens is 168 g/mol. The summed E-state index contributed by atoms with van der Waals surface area (Å²) in [6.07, 6.45) is 3.82. The lowest BCUT2D eigenvalue weighted by Crippen LogP contribution is -2.39. The second-order valence-corrected chi connectivity index (χ2v) is 2.86. The molecule has 4 heteroatoms. The predicted octanol–water partition coefficient (Wildman–Crippen LogP) is 0.633. The number of carbonyl (C=O) groups is 1. The van der Waals surface area contributed by atoms with Crippen molar-refractivity contribution in [2.24, 2.45) is 5.73 Å². The molecule has 0 saturated carbocycles. The van der Waals surface area contributed by atoms with Gasteiger partial charge in [-0.25, -0.2) is 0 Å². The lowest BCUT2D eigenvalue weighted by molar-refractivity contribution is -0.122. The Bertz CT molecular complexity index is 257. The summed E-state index contributed by atoms with van der Waals surface area (Å²) in [7, 11) is 0. The van der Waals surface area contributed by atoms with Crippen molar-refractivity contribution in [3.63, 3.8) is 0 Å². The molecular formula is C9H14N2O2. The summed E-state index contributed by atoms with van der Waals surface area (Å²) < 4.78 is 4.85. The number of carbonyl (C=O) groups excluding carboxylic acids is 1. The summed E-state index contributed by atoms with van der Waals surface area (Å²) in [4.78, 5) is 11.2. The molecule has 3 N–H and O–H groups in total. The van der Waals surface area contributed by atoms with Gasteiger partial charge in [0, 0.05) is 12.1 Å². The predicted molar refractivity (Wildman–Crippen MR) is 48.8 cm³/mol. The highest BCUT2D eigenvalue weighted by atomic mass is 16.3. The number of hydrogen-bond acceptors (Lipinski definition) is 3. The van der Waals surface area contributed by atoms with Crippen molar-refractivity contribution in [3.8, 4) is 0 Å². The summed E-state index contributed by atoms with van der Waals surface area (Å²) in [6, 6.07) is 1.39. The Hall–Kier alpha value is -1.29. The highest BCUT2D eigenvalue weighted by Crippen LogP contribution is 1.98. The standard InChI is InChI=1S/C9H14N2O2/c1-2-8(10)9(12)11-5-7-3-4-13-6-7/h3-4,6,8H,2,5,10H2,1H3,(H,11,12). The van der Waals surface area contributed by atoms with Crippen LogP contribution in [0.3, 0.4) is 0 Å². The quantitative estimate of drug-likeness (QED) is 0.717. The zero-order chi connectivity index (χ0) is 9.68. The van der Waals surface area contributed by atoms with Gasteiger partial charge in [-0.05, 0) is 12.5 Å². The van der Waals surface area contributed by atoms with Crippen LogP contribution in [0.2, 0.25) is 0 Å². The minimum Gasteiger partial charge on any atom is -0.472 e. The molecule has 0 aliphatic heterocycles. The Balaban J connectivity index is 2.31. The first-order chi connectivity index (χ1) is 6.24. The van der Waals surface area contributed by atoms with Crippen molar-refractivity contribution in [2.45, 2.75) is 25.9 Å². The van der Waals surface area contributed by atoms with Crippen molar-refractivity contribution in [1.29, 1.82) is 0 Å². The van der Waals surface area contributed by atoms with E-state index >= 15 is 0 Å². The molecule has 72 valence electrons. The van der Waals surface area contributed by atoms with E-state index < -0.39 is 6.04 Å². The van der Waals surface area contributed by atoms with E-state index in [0.717, 1.165) is 5.56 Å². The van der Waals surface area contributed by atoms with E-state index in [0.29, 0.717) is 13.0 Å². The molecule has 0 bridgehead atoms. The Labute approximate surface area is 77.1 Å². The number of rotatable bonds is 4. The average Bonchev–Trinajstić information content (AvgIpc) is 2.65. The first kappa shape index (κ1) is 9.80. The fraction of sp³-hybridized carbons (Fsp3) is 0.444. The van der Waals surface area contributed by atoms with Gasteiger partial charge in [-0.15, -0.1) is 0 Å². The minimum absolute atomic E-state index is 0.122. The van der Waals surface area contributed by atoms with Gasteiger partial charge < -0.3 is 15.5 Å². The Morgan fingerprint density at radius 1 is 1.77 bits per heavy atom. The number of amides is 1. The van der Waals surface area contributed by atoms with E-state index in [9.17, 15) is 4.79 Å². The first-order valence-electron chi connectivity index (χ1n) is 4.28. The smallest absolute Gasteiger partial charge is 0.237 e. The van der Waals surface area contributed by atoms with E-state index in [4.69, 9.17) is 10.2 Å². The molecule has 1 rings (SSSR count). The normalized spacial score (nSPS) is 12.5. The van der Waals surface area contributed by atoms with E-state index in [1.54, 1.807) is 18.6 Å². The Morgan fingerprint density at radius 3 is 3.08 bits per heavy atom. The molecule has 1 aromatic heterocycles. The van der Waals surface area contributed by atoms with Crippen LogP contribution in [0.4, 0.5) is 0 Å². The maximum atomic E-state index is 11.2. The second kappa shape index (κ2) is 4.67. The van der Waals surface area contributed by atoms with E-state index in [-0.39, 0.29) is 5.91 Å². The van der Waals surface area contributed by atoms with Crippen molar-refractivity contribution < 1.29 is 9.21 Å². The molecule has 0 aromatic carbocycles. The van der Waals surface area contributed by atoms with Crippen LogP contribution in [0, 0.1) is 0 Å². The van der Waals surface area contributed by atoms with Crippen LogP contribution >= 0.6 is 0 Å². The number of furan rings is 1. The average molecular weight is 182 g/mol. The molecule has 0 fully saturated rings. The fourth-order valence-electron chi connectivity index (χ4n) is 0.899. The summed E-state index contributed by atoms with van der Waals surface area (Å²) in [5.74, 6) is -0.122. The van der Waals surface area contributed by atoms with Gasteiger partial charge in [0.25, 0.3) is 0 Å².